The van der Waals surface area contributed by atoms with Gasteiger partial charge in [-0.15, -0.1) is 0 Å². The van der Waals surface area contributed by atoms with Gasteiger partial charge in [-0.3, -0.25) is 4.79 Å². The number of pyridine rings is 1. The molecule has 36 heavy (non-hydrogen) atoms. The Bertz CT molecular complexity index is 1240. The summed E-state index contributed by atoms with van der Waals surface area (Å²) in [5.41, 5.74) is -3.73. The highest BCUT2D eigenvalue weighted by atomic mass is 35.5. The molecule has 0 bridgehead atoms. The van der Waals surface area contributed by atoms with Crippen LogP contribution in [-0.4, -0.2) is 17.9 Å². The molecule has 0 unspecified atom stereocenters. The molecule has 0 spiro atoms. The Morgan fingerprint density at radius 1 is 0.889 bits per heavy atom. The second kappa shape index (κ2) is 9.72. The van der Waals surface area contributed by atoms with Crippen LogP contribution in [-0.2, 0) is 29.2 Å². The van der Waals surface area contributed by atoms with E-state index in [-0.39, 0.29) is 16.9 Å². The third-order valence-corrected chi connectivity index (χ3v) is 5.99. The van der Waals surface area contributed by atoms with Crippen molar-refractivity contribution in [1.82, 2.24) is 4.98 Å². The molecule has 2 aromatic carbocycles. The summed E-state index contributed by atoms with van der Waals surface area (Å²) in [5, 5.41) is 0.0797. The molecule has 3 nitrogen and oxygen atoms in total. The summed E-state index contributed by atoms with van der Waals surface area (Å²) in [5.74, 6) is -0.791. The molecule has 0 saturated carbocycles. The van der Waals surface area contributed by atoms with Crippen LogP contribution in [0.4, 0.5) is 36.4 Å². The van der Waals surface area contributed by atoms with E-state index in [0.29, 0.717) is 28.8 Å². The van der Waals surface area contributed by atoms with Gasteiger partial charge in [0.1, 0.15) is 11.8 Å². The normalized spacial score (nSPS) is 12.5. The maximum Gasteiger partial charge on any atom is 0.416 e. The quantitative estimate of drug-likeness (QED) is 0.248. The number of hydrogen-bond donors (Lipinski definition) is 0. The minimum Gasteiger partial charge on any atom is -0.313 e. The fourth-order valence-corrected chi connectivity index (χ4v) is 3.82. The van der Waals surface area contributed by atoms with Gasteiger partial charge >= 0.3 is 12.4 Å². The molecule has 0 atom stereocenters. The third kappa shape index (κ3) is 5.64. The van der Waals surface area contributed by atoms with Crippen molar-refractivity contribution in [2.75, 3.05) is 11.9 Å². The van der Waals surface area contributed by atoms with Gasteiger partial charge in [0.25, 0.3) is 0 Å². The van der Waals surface area contributed by atoms with Gasteiger partial charge in [0.15, 0.2) is 0 Å². The molecule has 192 valence electrons. The van der Waals surface area contributed by atoms with Gasteiger partial charge in [0.05, 0.1) is 28.4 Å². The molecule has 0 aliphatic heterocycles. The molecular weight excluding hydrogens is 513 g/mol. The molecule has 0 saturated heterocycles. The lowest BCUT2D eigenvalue weighted by molar-refractivity contribution is -0.143. The second-order valence-electron chi connectivity index (χ2n) is 8.64. The molecule has 3 rings (SSSR count). The Hall–Kier alpha value is -3.14. The summed E-state index contributed by atoms with van der Waals surface area (Å²) < 4.78 is 93.2. The van der Waals surface area contributed by atoms with Crippen molar-refractivity contribution in [1.29, 1.82) is 0 Å². The lowest BCUT2D eigenvalue weighted by Crippen LogP contribution is -2.42. The van der Waals surface area contributed by atoms with Gasteiger partial charge in [-0.25, -0.2) is 9.37 Å². The van der Waals surface area contributed by atoms with E-state index in [4.69, 9.17) is 11.6 Å². The van der Waals surface area contributed by atoms with Gasteiger partial charge in [-0.2, -0.15) is 26.3 Å². The zero-order chi connectivity index (χ0) is 27.1. The number of carbonyl (C=O) groups is 1. The zero-order valence-electron chi connectivity index (χ0n) is 19.2. The van der Waals surface area contributed by atoms with Crippen molar-refractivity contribution in [3.63, 3.8) is 0 Å². The van der Waals surface area contributed by atoms with Gasteiger partial charge in [-0.05, 0) is 54.8 Å². The van der Waals surface area contributed by atoms with E-state index in [1.165, 1.54) is 45.3 Å². The Kier molecular flexibility index (Phi) is 7.41. The van der Waals surface area contributed by atoms with Gasteiger partial charge in [0, 0.05) is 12.6 Å². The van der Waals surface area contributed by atoms with Crippen molar-refractivity contribution in [2.45, 2.75) is 38.3 Å². The molecule has 0 aliphatic carbocycles. The number of anilines is 1. The van der Waals surface area contributed by atoms with Crippen LogP contribution in [0.2, 0.25) is 5.15 Å². The first kappa shape index (κ1) is 27.4. The smallest absolute Gasteiger partial charge is 0.313 e. The number of hydrogen-bond acceptors (Lipinski definition) is 2. The van der Waals surface area contributed by atoms with Crippen molar-refractivity contribution in [3.8, 4) is 11.1 Å². The van der Waals surface area contributed by atoms with E-state index in [0.717, 1.165) is 4.90 Å². The second-order valence-corrected chi connectivity index (χ2v) is 9.03. The summed E-state index contributed by atoms with van der Waals surface area (Å²) >= 11 is 6.03. The summed E-state index contributed by atoms with van der Waals surface area (Å²) in [4.78, 5) is 18.6. The predicted molar refractivity (Wildman–Crippen MR) is 122 cm³/mol. The SMILES string of the molecule is CN(C(=O)C(C)(C)c1cc(C(F)(F)F)cc(C(F)(F)F)c1)c1cnc(Cl)cc1-c1ccc(CF)cc1. The number of carbonyl (C=O) groups excluding carboxylic acids is 1. The molecule has 1 amide bonds. The average molecular weight is 533 g/mol. The Morgan fingerprint density at radius 3 is 1.86 bits per heavy atom. The van der Waals surface area contributed by atoms with E-state index >= 15 is 0 Å². The molecule has 0 aliphatic rings. The topological polar surface area (TPSA) is 33.2 Å². The van der Waals surface area contributed by atoms with Crippen LogP contribution in [0, 0.1) is 0 Å². The number of likely N-dealkylation sites (N-methyl/N-ethyl adjacent to an activating group) is 1. The van der Waals surface area contributed by atoms with Crippen LogP contribution in [0.5, 0.6) is 0 Å². The first-order valence-electron chi connectivity index (χ1n) is 10.4. The van der Waals surface area contributed by atoms with Crippen LogP contribution in [0.25, 0.3) is 11.1 Å². The van der Waals surface area contributed by atoms with E-state index in [9.17, 15) is 35.5 Å². The number of alkyl halides is 7. The first-order chi connectivity index (χ1) is 16.6. The maximum atomic E-state index is 13.5. The van der Waals surface area contributed by atoms with Crippen LogP contribution in [0.1, 0.15) is 36.1 Å². The number of rotatable bonds is 5. The minimum absolute atomic E-state index is 0.00999. The molecule has 0 fully saturated rings. The number of aromatic nitrogens is 1. The molecule has 0 radical (unpaired) electrons. The highest BCUT2D eigenvalue weighted by Crippen LogP contribution is 2.40. The molecule has 1 heterocycles. The molecule has 3 aromatic rings. The number of nitrogens with zero attached hydrogens (tertiary/aromatic N) is 2. The lowest BCUT2D eigenvalue weighted by atomic mass is 9.81. The summed E-state index contributed by atoms with van der Waals surface area (Å²) in [6.45, 7) is 1.79. The number of amides is 1. The Balaban J connectivity index is 2.10. The van der Waals surface area contributed by atoms with Gasteiger partial charge < -0.3 is 4.90 Å². The molecular formula is C25H20ClF7N2O. The van der Waals surface area contributed by atoms with E-state index in [1.54, 1.807) is 12.1 Å². The standard InChI is InChI=1S/C25H20ClF7N2O/c1-23(2,16-8-17(24(28,29)30)10-18(9-16)25(31,32)33)22(36)35(3)20-13-34-21(26)11-19(20)15-6-4-14(12-27)5-7-15/h4-11,13H,12H2,1-3H3. The maximum absolute atomic E-state index is 13.5. The lowest BCUT2D eigenvalue weighted by Gasteiger charge is -2.32. The highest BCUT2D eigenvalue weighted by Gasteiger charge is 2.41. The van der Waals surface area contributed by atoms with Crippen molar-refractivity contribution < 1.29 is 35.5 Å². The molecule has 11 heteroatoms. The Labute approximate surface area is 207 Å². The minimum atomic E-state index is -5.06. The van der Waals surface area contributed by atoms with Crippen LogP contribution < -0.4 is 4.90 Å². The third-order valence-electron chi connectivity index (χ3n) is 5.78. The van der Waals surface area contributed by atoms with Crippen LogP contribution in [0.3, 0.4) is 0 Å². The highest BCUT2D eigenvalue weighted by molar-refractivity contribution is 6.29. The number of benzene rings is 2. The fourth-order valence-electron chi connectivity index (χ4n) is 3.66. The van der Waals surface area contributed by atoms with Gasteiger partial charge in [-0.1, -0.05) is 35.9 Å². The summed E-state index contributed by atoms with van der Waals surface area (Å²) in [6.07, 6.45) is -8.85. The van der Waals surface area contributed by atoms with Crippen LogP contribution in [0.15, 0.2) is 54.7 Å². The van der Waals surface area contributed by atoms with E-state index < -0.39 is 47.0 Å². The van der Waals surface area contributed by atoms with E-state index in [1.807, 2.05) is 0 Å². The predicted octanol–water partition coefficient (Wildman–Crippen LogP) is 7.85. The van der Waals surface area contributed by atoms with Crippen molar-refractivity contribution in [2.24, 2.45) is 0 Å². The summed E-state index contributed by atoms with van der Waals surface area (Å²) in [7, 11) is 1.33. The fraction of sp³-hybridized carbons (Fsp3) is 0.280. The van der Waals surface area contributed by atoms with Gasteiger partial charge in [0.2, 0.25) is 5.91 Å². The average Bonchev–Trinajstić information content (AvgIpc) is 2.81. The zero-order valence-corrected chi connectivity index (χ0v) is 20.0. The Morgan fingerprint density at radius 2 is 1.39 bits per heavy atom. The molecule has 1 aromatic heterocycles. The molecule has 0 N–H and O–H groups in total. The first-order valence-corrected chi connectivity index (χ1v) is 10.8. The van der Waals surface area contributed by atoms with Crippen molar-refractivity contribution in [3.05, 3.63) is 82.1 Å². The largest absolute Gasteiger partial charge is 0.416 e. The van der Waals surface area contributed by atoms with Crippen molar-refractivity contribution >= 4 is 23.2 Å². The van der Waals surface area contributed by atoms with Crippen LogP contribution >= 0.6 is 11.6 Å². The summed E-state index contributed by atoms with van der Waals surface area (Å²) in [6, 6.07) is 8.78. The monoisotopic (exact) mass is 532 g/mol. The number of halogens is 8. The van der Waals surface area contributed by atoms with E-state index in [2.05, 4.69) is 4.98 Å².